The molecule has 0 unspecified atom stereocenters. The van der Waals surface area contributed by atoms with E-state index in [4.69, 9.17) is 9.84 Å². The summed E-state index contributed by atoms with van der Waals surface area (Å²) in [7, 11) is 0. The van der Waals surface area contributed by atoms with Gasteiger partial charge in [0.2, 0.25) is 0 Å². The molecule has 0 aliphatic carbocycles. The van der Waals surface area contributed by atoms with Crippen molar-refractivity contribution in [3.63, 3.8) is 0 Å². The lowest BCUT2D eigenvalue weighted by atomic mass is 10.0. The molecular formula is C16H21NO4. The first-order valence-electron chi connectivity index (χ1n) is 6.92. The first-order valence-corrected chi connectivity index (χ1v) is 6.92. The maximum Gasteiger partial charge on any atom is 0.328 e. The summed E-state index contributed by atoms with van der Waals surface area (Å²) in [6.07, 6.45) is 3.31. The number of rotatable bonds is 8. The van der Waals surface area contributed by atoms with Crippen LogP contribution in [-0.4, -0.2) is 36.7 Å². The van der Waals surface area contributed by atoms with Gasteiger partial charge >= 0.3 is 5.97 Å². The van der Waals surface area contributed by atoms with Crippen LogP contribution in [0.25, 0.3) is 6.08 Å². The Morgan fingerprint density at radius 2 is 2.14 bits per heavy atom. The van der Waals surface area contributed by atoms with Gasteiger partial charge in [-0.1, -0.05) is 12.1 Å². The molecule has 1 rings (SSSR count). The summed E-state index contributed by atoms with van der Waals surface area (Å²) in [6.45, 7) is 5.57. The van der Waals surface area contributed by atoms with Crippen molar-refractivity contribution in [3.05, 3.63) is 41.0 Å². The van der Waals surface area contributed by atoms with Crippen LogP contribution < -0.4 is 5.32 Å². The fourth-order valence-electron chi connectivity index (χ4n) is 1.86. The Labute approximate surface area is 124 Å². The van der Waals surface area contributed by atoms with Crippen molar-refractivity contribution in [2.24, 2.45) is 0 Å². The first-order chi connectivity index (χ1) is 10.1. The molecule has 0 fully saturated rings. The molecule has 1 aromatic carbocycles. The van der Waals surface area contributed by atoms with Gasteiger partial charge in [-0.25, -0.2) is 4.79 Å². The van der Waals surface area contributed by atoms with E-state index >= 15 is 0 Å². The molecule has 5 heteroatoms. The van der Waals surface area contributed by atoms with Crippen molar-refractivity contribution >= 4 is 18.0 Å². The van der Waals surface area contributed by atoms with Gasteiger partial charge in [-0.2, -0.15) is 0 Å². The van der Waals surface area contributed by atoms with E-state index in [1.165, 1.54) is 6.08 Å². The van der Waals surface area contributed by atoms with Crippen molar-refractivity contribution in [2.75, 3.05) is 19.8 Å². The monoisotopic (exact) mass is 291 g/mol. The highest BCUT2D eigenvalue weighted by Gasteiger charge is 2.10. The molecule has 0 heterocycles. The Balaban J connectivity index is 2.67. The van der Waals surface area contributed by atoms with Crippen LogP contribution in [0.3, 0.4) is 0 Å². The number of carboxylic acids is 1. The minimum atomic E-state index is -1.01. The molecule has 0 aromatic heterocycles. The SMILES string of the molecule is CCOCCCNC(=O)c1cccc(C=CC(=O)O)c1C. The van der Waals surface area contributed by atoms with E-state index in [9.17, 15) is 9.59 Å². The molecule has 114 valence electrons. The first kappa shape index (κ1) is 16.9. The van der Waals surface area contributed by atoms with Crippen LogP contribution in [0.4, 0.5) is 0 Å². The van der Waals surface area contributed by atoms with Crippen molar-refractivity contribution in [2.45, 2.75) is 20.3 Å². The second kappa shape index (κ2) is 8.92. The van der Waals surface area contributed by atoms with E-state index in [1.807, 2.05) is 6.92 Å². The number of carbonyl (C=O) groups excluding carboxylic acids is 1. The molecule has 1 aromatic rings. The molecule has 0 radical (unpaired) electrons. The number of aliphatic carboxylic acids is 1. The zero-order valence-corrected chi connectivity index (χ0v) is 12.4. The van der Waals surface area contributed by atoms with E-state index < -0.39 is 5.97 Å². The number of carbonyl (C=O) groups is 2. The maximum atomic E-state index is 12.1. The van der Waals surface area contributed by atoms with Crippen molar-refractivity contribution in [3.8, 4) is 0 Å². The fraction of sp³-hybridized carbons (Fsp3) is 0.375. The summed E-state index contributed by atoms with van der Waals surface area (Å²) >= 11 is 0. The summed E-state index contributed by atoms with van der Waals surface area (Å²) in [6, 6.07) is 5.25. The highest BCUT2D eigenvalue weighted by atomic mass is 16.5. The molecule has 0 bridgehead atoms. The largest absolute Gasteiger partial charge is 0.478 e. The molecule has 0 saturated heterocycles. The summed E-state index contributed by atoms with van der Waals surface area (Å²) in [5, 5.41) is 11.5. The number of nitrogens with one attached hydrogen (secondary N) is 1. The number of carboxylic acid groups (broad SMARTS) is 1. The lowest BCUT2D eigenvalue weighted by molar-refractivity contribution is -0.131. The average molecular weight is 291 g/mol. The molecule has 1 amide bonds. The summed E-state index contributed by atoms with van der Waals surface area (Å²) < 4.78 is 5.20. The summed E-state index contributed by atoms with van der Waals surface area (Å²) in [5.41, 5.74) is 2.04. The second-order valence-corrected chi connectivity index (χ2v) is 4.50. The number of hydrogen-bond donors (Lipinski definition) is 2. The predicted molar refractivity (Wildman–Crippen MR) is 81.3 cm³/mol. The van der Waals surface area contributed by atoms with Gasteiger partial charge in [0.15, 0.2) is 0 Å². The van der Waals surface area contributed by atoms with Crippen molar-refractivity contribution in [1.29, 1.82) is 0 Å². The van der Waals surface area contributed by atoms with Crippen molar-refractivity contribution < 1.29 is 19.4 Å². The molecule has 5 nitrogen and oxygen atoms in total. The van der Waals surface area contributed by atoms with Crippen LogP contribution in [-0.2, 0) is 9.53 Å². The quantitative estimate of drug-likeness (QED) is 0.569. The fourth-order valence-corrected chi connectivity index (χ4v) is 1.86. The average Bonchev–Trinajstić information content (AvgIpc) is 2.45. The Morgan fingerprint density at radius 3 is 2.81 bits per heavy atom. The van der Waals surface area contributed by atoms with Crippen molar-refractivity contribution in [1.82, 2.24) is 5.32 Å². The molecule has 0 aliphatic rings. The summed E-state index contributed by atoms with van der Waals surface area (Å²) in [5.74, 6) is -1.17. The van der Waals surface area contributed by atoms with E-state index in [0.29, 0.717) is 25.3 Å². The molecule has 0 spiro atoms. The zero-order valence-electron chi connectivity index (χ0n) is 12.4. The Morgan fingerprint density at radius 1 is 1.38 bits per heavy atom. The molecule has 0 saturated carbocycles. The predicted octanol–water partition coefficient (Wildman–Crippen LogP) is 2.25. The molecule has 21 heavy (non-hydrogen) atoms. The third-order valence-electron chi connectivity index (χ3n) is 2.98. The lowest BCUT2D eigenvalue weighted by Gasteiger charge is -2.09. The van der Waals surface area contributed by atoms with Crippen LogP contribution in [0.2, 0.25) is 0 Å². The van der Waals surface area contributed by atoms with E-state index in [2.05, 4.69) is 5.32 Å². The second-order valence-electron chi connectivity index (χ2n) is 4.50. The topological polar surface area (TPSA) is 75.6 Å². The highest BCUT2D eigenvalue weighted by Crippen LogP contribution is 2.15. The van der Waals surface area contributed by atoms with E-state index in [-0.39, 0.29) is 5.91 Å². The van der Waals surface area contributed by atoms with Crippen LogP contribution >= 0.6 is 0 Å². The van der Waals surface area contributed by atoms with Gasteiger partial charge in [0.05, 0.1) is 0 Å². The minimum Gasteiger partial charge on any atom is -0.478 e. The van der Waals surface area contributed by atoms with Crippen LogP contribution in [0.1, 0.15) is 34.8 Å². The lowest BCUT2D eigenvalue weighted by Crippen LogP contribution is -2.26. The maximum absolute atomic E-state index is 12.1. The molecular weight excluding hydrogens is 270 g/mol. The smallest absolute Gasteiger partial charge is 0.328 e. The highest BCUT2D eigenvalue weighted by molar-refractivity contribution is 5.97. The normalized spacial score (nSPS) is 10.8. The zero-order chi connectivity index (χ0) is 15.7. The third kappa shape index (κ3) is 5.79. The molecule has 0 aliphatic heterocycles. The van der Waals surface area contributed by atoms with Gasteiger partial charge in [-0.05, 0) is 43.5 Å². The number of hydrogen-bond acceptors (Lipinski definition) is 3. The Hall–Kier alpha value is -2.14. The Kier molecular flexibility index (Phi) is 7.18. The molecule has 0 atom stereocenters. The van der Waals surface area contributed by atoms with Gasteiger partial charge in [0.25, 0.3) is 5.91 Å². The summed E-state index contributed by atoms with van der Waals surface area (Å²) in [4.78, 5) is 22.6. The number of ether oxygens (including phenoxy) is 1. The standard InChI is InChI=1S/C16H21NO4/c1-3-21-11-5-10-17-16(20)14-7-4-6-13(12(14)2)8-9-15(18)19/h4,6-9H,3,5,10-11H2,1-2H3,(H,17,20)(H,18,19). The van der Waals surface area contributed by atoms with Gasteiger partial charge in [-0.3, -0.25) is 4.79 Å². The van der Waals surface area contributed by atoms with Crippen LogP contribution in [0, 0.1) is 6.92 Å². The van der Waals surface area contributed by atoms with Crippen LogP contribution in [0.15, 0.2) is 24.3 Å². The number of benzene rings is 1. The van der Waals surface area contributed by atoms with E-state index in [1.54, 1.807) is 25.1 Å². The van der Waals surface area contributed by atoms with E-state index in [0.717, 1.165) is 23.6 Å². The van der Waals surface area contributed by atoms with Crippen LogP contribution in [0.5, 0.6) is 0 Å². The van der Waals surface area contributed by atoms with Gasteiger partial charge in [-0.15, -0.1) is 0 Å². The van der Waals surface area contributed by atoms with Gasteiger partial charge in [0, 0.05) is 31.4 Å². The minimum absolute atomic E-state index is 0.158. The van der Waals surface area contributed by atoms with Gasteiger partial charge in [0.1, 0.15) is 0 Å². The third-order valence-corrected chi connectivity index (χ3v) is 2.98. The van der Waals surface area contributed by atoms with Gasteiger partial charge < -0.3 is 15.2 Å². The Bertz CT molecular complexity index is 523. The number of amides is 1. The molecule has 2 N–H and O–H groups in total.